The Morgan fingerprint density at radius 1 is 1.22 bits per heavy atom. The van der Waals surface area contributed by atoms with Crippen LogP contribution in [0.2, 0.25) is 5.15 Å². The normalized spacial score (nSPS) is 20.1. The van der Waals surface area contributed by atoms with Gasteiger partial charge in [0.2, 0.25) is 11.8 Å². The summed E-state index contributed by atoms with van der Waals surface area (Å²) in [6.45, 7) is 6.31. The van der Waals surface area contributed by atoms with E-state index in [2.05, 4.69) is 30.8 Å². The number of amides is 4. The second-order valence-electron chi connectivity index (χ2n) is 9.32. The summed E-state index contributed by atoms with van der Waals surface area (Å²) in [5.74, 6) is 0.334. The van der Waals surface area contributed by atoms with Crippen LogP contribution in [0.5, 0.6) is 0 Å². The first kappa shape index (κ1) is 27.0. The molecule has 1 aromatic carbocycles. The fourth-order valence-electron chi connectivity index (χ4n) is 4.44. The molecule has 37 heavy (non-hydrogen) atoms. The number of piperazine rings is 1. The third-order valence-corrected chi connectivity index (χ3v) is 7.39. The molecule has 0 radical (unpaired) electrons. The van der Waals surface area contributed by atoms with E-state index in [0.717, 1.165) is 24.1 Å². The molecule has 1 aromatic heterocycles. The number of hydrogen-bond acceptors (Lipinski definition) is 7. The van der Waals surface area contributed by atoms with E-state index in [9.17, 15) is 14.4 Å². The minimum Gasteiger partial charge on any atom is -0.354 e. The largest absolute Gasteiger partial charge is 0.354 e. The molecule has 12 heteroatoms. The van der Waals surface area contributed by atoms with Gasteiger partial charge in [0.1, 0.15) is 17.0 Å². The van der Waals surface area contributed by atoms with Gasteiger partial charge in [-0.05, 0) is 50.8 Å². The van der Waals surface area contributed by atoms with Gasteiger partial charge in [0.05, 0.1) is 5.75 Å². The predicted molar refractivity (Wildman–Crippen MR) is 145 cm³/mol. The number of halogens is 1. The summed E-state index contributed by atoms with van der Waals surface area (Å²) in [5, 5.41) is 9.25. The Morgan fingerprint density at radius 2 is 2.05 bits per heavy atom. The molecule has 0 spiro atoms. The van der Waals surface area contributed by atoms with Gasteiger partial charge in [-0.1, -0.05) is 35.5 Å². The molecule has 2 aliphatic rings. The number of carbonyl (C=O) groups is 3. The fraction of sp³-hybridized carbons (Fsp3) is 0.480. The van der Waals surface area contributed by atoms with Crippen molar-refractivity contribution in [2.75, 3.05) is 42.1 Å². The average molecular weight is 546 g/mol. The number of benzene rings is 1. The molecule has 3 N–H and O–H groups in total. The molecule has 10 nitrogen and oxygen atoms in total. The van der Waals surface area contributed by atoms with Crippen LogP contribution in [0.3, 0.4) is 0 Å². The Morgan fingerprint density at radius 3 is 2.84 bits per heavy atom. The molecule has 0 aliphatic carbocycles. The summed E-state index contributed by atoms with van der Waals surface area (Å²) in [5.41, 5.74) is 1.85. The van der Waals surface area contributed by atoms with Crippen LogP contribution in [0.4, 0.5) is 16.3 Å². The van der Waals surface area contributed by atoms with Crippen molar-refractivity contribution in [1.82, 2.24) is 25.5 Å². The van der Waals surface area contributed by atoms with Gasteiger partial charge in [0, 0.05) is 44.0 Å². The summed E-state index contributed by atoms with van der Waals surface area (Å²) >= 11 is 7.45. The van der Waals surface area contributed by atoms with Gasteiger partial charge in [-0.2, -0.15) is 0 Å². The van der Waals surface area contributed by atoms with Crippen LogP contribution in [0.25, 0.3) is 0 Å². The summed E-state index contributed by atoms with van der Waals surface area (Å²) < 4.78 is 0. The highest BCUT2D eigenvalue weighted by Gasteiger charge is 2.29. The maximum absolute atomic E-state index is 12.9. The molecule has 4 rings (SSSR count). The van der Waals surface area contributed by atoms with Gasteiger partial charge < -0.3 is 25.8 Å². The lowest BCUT2D eigenvalue weighted by atomic mass is 10.1. The molecular formula is C25H32ClN7O3S. The summed E-state index contributed by atoms with van der Waals surface area (Å²) in [7, 11) is 0. The van der Waals surface area contributed by atoms with Crippen LogP contribution >= 0.6 is 23.4 Å². The van der Waals surface area contributed by atoms with Crippen LogP contribution in [0, 0.1) is 6.92 Å². The van der Waals surface area contributed by atoms with Gasteiger partial charge >= 0.3 is 6.03 Å². The summed E-state index contributed by atoms with van der Waals surface area (Å²) in [6.07, 6.45) is 2.43. The first-order chi connectivity index (χ1) is 17.8. The van der Waals surface area contributed by atoms with Crippen LogP contribution < -0.4 is 20.9 Å². The van der Waals surface area contributed by atoms with Crippen molar-refractivity contribution >= 4 is 52.7 Å². The van der Waals surface area contributed by atoms with E-state index >= 15 is 0 Å². The zero-order valence-electron chi connectivity index (χ0n) is 21.0. The minimum absolute atomic E-state index is 0.0556. The zero-order valence-corrected chi connectivity index (χ0v) is 22.6. The SMILES string of the molecule is Cc1cccc(NC(=O)N2CCN(c3cc(Cl)nc(SCC(=O)N[C@H]4CCCCNC4=O)n3)C[C@H]2C)c1. The average Bonchev–Trinajstić information content (AvgIpc) is 3.06. The first-order valence-corrected chi connectivity index (χ1v) is 13.8. The number of nitrogens with one attached hydrogen (secondary N) is 3. The van der Waals surface area contributed by atoms with E-state index in [1.165, 1.54) is 11.8 Å². The molecule has 2 fully saturated rings. The van der Waals surface area contributed by atoms with E-state index in [1.807, 2.05) is 43.0 Å². The number of aromatic nitrogens is 2. The molecule has 3 heterocycles. The topological polar surface area (TPSA) is 120 Å². The van der Waals surface area contributed by atoms with E-state index in [0.29, 0.717) is 43.6 Å². The van der Waals surface area contributed by atoms with Crippen LogP contribution in [-0.4, -0.2) is 76.7 Å². The Hall–Kier alpha value is -3.05. The fourth-order valence-corrected chi connectivity index (χ4v) is 5.33. The van der Waals surface area contributed by atoms with Gasteiger partial charge in [-0.25, -0.2) is 14.8 Å². The molecule has 4 amide bonds. The number of anilines is 2. The quantitative estimate of drug-likeness (QED) is 0.290. The zero-order chi connectivity index (χ0) is 26.4. The van der Waals surface area contributed by atoms with Crippen LogP contribution in [0.1, 0.15) is 31.7 Å². The third-order valence-electron chi connectivity index (χ3n) is 6.35. The van der Waals surface area contributed by atoms with Gasteiger partial charge in [0.25, 0.3) is 0 Å². The number of urea groups is 1. The van der Waals surface area contributed by atoms with Crippen LogP contribution in [-0.2, 0) is 9.59 Å². The molecule has 0 bridgehead atoms. The number of carbonyl (C=O) groups excluding carboxylic acids is 3. The van der Waals surface area contributed by atoms with Gasteiger partial charge in [-0.15, -0.1) is 0 Å². The van der Waals surface area contributed by atoms with E-state index in [1.54, 1.807) is 6.07 Å². The van der Waals surface area contributed by atoms with Crippen molar-refractivity contribution in [2.24, 2.45) is 0 Å². The van der Waals surface area contributed by atoms with Gasteiger partial charge in [0.15, 0.2) is 5.16 Å². The maximum Gasteiger partial charge on any atom is 0.322 e. The molecule has 198 valence electrons. The van der Waals surface area contributed by atoms with Crippen LogP contribution in [0.15, 0.2) is 35.5 Å². The van der Waals surface area contributed by atoms with Crippen molar-refractivity contribution in [3.63, 3.8) is 0 Å². The van der Waals surface area contributed by atoms with Crippen molar-refractivity contribution in [1.29, 1.82) is 0 Å². The molecule has 0 unspecified atom stereocenters. The predicted octanol–water partition coefficient (Wildman–Crippen LogP) is 3.06. The molecule has 2 atom stereocenters. The number of aryl methyl sites for hydroxylation is 1. The molecule has 2 aliphatic heterocycles. The third kappa shape index (κ3) is 7.48. The van der Waals surface area contributed by atoms with Crippen molar-refractivity contribution < 1.29 is 14.4 Å². The van der Waals surface area contributed by atoms with Crippen molar-refractivity contribution in [3.05, 3.63) is 41.0 Å². The minimum atomic E-state index is -0.507. The summed E-state index contributed by atoms with van der Waals surface area (Å²) in [6, 6.07) is 8.70. The molecule has 2 aromatic rings. The number of hydrogen-bond donors (Lipinski definition) is 3. The highest BCUT2D eigenvalue weighted by atomic mass is 35.5. The highest BCUT2D eigenvalue weighted by Crippen LogP contribution is 2.24. The van der Waals surface area contributed by atoms with E-state index in [4.69, 9.17) is 11.6 Å². The number of rotatable bonds is 6. The van der Waals surface area contributed by atoms with E-state index < -0.39 is 6.04 Å². The molecular weight excluding hydrogens is 514 g/mol. The standard InChI is InChI=1S/C25H32ClN7O3S/c1-16-6-5-7-18(12-16)28-25(36)33-11-10-32(14-17(33)2)21-13-20(26)30-24(31-21)37-15-22(34)29-19-8-3-4-9-27-23(19)35/h5-7,12-13,17,19H,3-4,8-11,14-15H2,1-2H3,(H,27,35)(H,28,36)(H,29,34)/t17-,19+/m1/s1. The Balaban J connectivity index is 1.32. The Kier molecular flexibility index (Phi) is 9.09. The first-order valence-electron chi connectivity index (χ1n) is 12.4. The number of nitrogens with zero attached hydrogens (tertiary/aromatic N) is 4. The number of thioether (sulfide) groups is 1. The monoisotopic (exact) mass is 545 g/mol. The van der Waals surface area contributed by atoms with E-state index in [-0.39, 0.29) is 34.8 Å². The lowest BCUT2D eigenvalue weighted by Crippen LogP contribution is -2.55. The Labute approximate surface area is 225 Å². The smallest absolute Gasteiger partial charge is 0.322 e. The second-order valence-corrected chi connectivity index (χ2v) is 10.6. The van der Waals surface area contributed by atoms with Crippen molar-refractivity contribution in [2.45, 2.75) is 50.4 Å². The Bertz CT molecular complexity index is 1150. The highest BCUT2D eigenvalue weighted by molar-refractivity contribution is 7.99. The lowest BCUT2D eigenvalue weighted by Gasteiger charge is -2.40. The second kappa shape index (κ2) is 12.5. The lowest BCUT2D eigenvalue weighted by molar-refractivity contribution is -0.127. The molecule has 0 saturated carbocycles. The summed E-state index contributed by atoms with van der Waals surface area (Å²) in [4.78, 5) is 50.1. The maximum atomic E-state index is 12.9. The molecule has 2 saturated heterocycles. The van der Waals surface area contributed by atoms with Crippen molar-refractivity contribution in [3.8, 4) is 0 Å². The van der Waals surface area contributed by atoms with Gasteiger partial charge in [-0.3, -0.25) is 9.59 Å².